The van der Waals surface area contributed by atoms with Gasteiger partial charge >= 0.3 is 0 Å². The second-order valence-electron chi connectivity index (χ2n) is 5.56. The molecule has 0 spiro atoms. The van der Waals surface area contributed by atoms with Crippen LogP contribution in [0.25, 0.3) is 0 Å². The molecule has 6 nitrogen and oxygen atoms in total. The quantitative estimate of drug-likeness (QED) is 0.610. The number of aliphatic hydroxyl groups is 1. The highest BCUT2D eigenvalue weighted by Gasteiger charge is 2.22. The van der Waals surface area contributed by atoms with Gasteiger partial charge in [0.25, 0.3) is 5.69 Å². The number of hydrogen-bond donors (Lipinski definition) is 2. The van der Waals surface area contributed by atoms with E-state index in [9.17, 15) is 15.2 Å². The lowest BCUT2D eigenvalue weighted by Crippen LogP contribution is -2.35. The van der Waals surface area contributed by atoms with E-state index in [-0.39, 0.29) is 5.69 Å². The molecule has 1 unspecified atom stereocenters. The molecule has 1 atom stereocenters. The Balaban J connectivity index is 2.71. The molecule has 0 aromatic carbocycles. The minimum Gasteiger partial charge on any atom is -0.388 e. The van der Waals surface area contributed by atoms with E-state index < -0.39 is 10.5 Å². The van der Waals surface area contributed by atoms with Crippen LogP contribution in [0.15, 0.2) is 12.3 Å². The molecule has 0 aliphatic rings. The molecule has 1 aromatic heterocycles. The Hall–Kier alpha value is -1.69. The third kappa shape index (κ3) is 4.82. The van der Waals surface area contributed by atoms with Crippen molar-refractivity contribution in [2.24, 2.45) is 5.92 Å². The fourth-order valence-electron chi connectivity index (χ4n) is 2.07. The molecule has 1 heterocycles. The molecule has 19 heavy (non-hydrogen) atoms. The van der Waals surface area contributed by atoms with Crippen LogP contribution >= 0.6 is 0 Å². The number of nitrogens with one attached hydrogen (secondary N) is 1. The van der Waals surface area contributed by atoms with Gasteiger partial charge in [0.2, 0.25) is 0 Å². The summed E-state index contributed by atoms with van der Waals surface area (Å²) in [4.78, 5) is 14.2. The van der Waals surface area contributed by atoms with Crippen molar-refractivity contribution in [1.82, 2.24) is 4.98 Å². The molecule has 6 heteroatoms. The summed E-state index contributed by atoms with van der Waals surface area (Å²) in [5.74, 6) is 0.956. The van der Waals surface area contributed by atoms with Crippen molar-refractivity contribution in [1.29, 1.82) is 0 Å². The average molecular weight is 267 g/mol. The predicted octanol–water partition coefficient (Wildman–Crippen LogP) is 2.51. The maximum absolute atomic E-state index is 10.6. The maximum Gasteiger partial charge on any atom is 0.287 e. The Morgan fingerprint density at radius 1 is 1.58 bits per heavy atom. The normalized spacial score (nSPS) is 14.2. The minimum atomic E-state index is -0.829. The number of pyridine rings is 1. The van der Waals surface area contributed by atoms with E-state index in [0.717, 1.165) is 0 Å². The van der Waals surface area contributed by atoms with Crippen molar-refractivity contribution >= 4 is 11.5 Å². The van der Waals surface area contributed by atoms with Crippen molar-refractivity contribution in [3.05, 3.63) is 27.9 Å². The van der Waals surface area contributed by atoms with Crippen LogP contribution in [0.5, 0.6) is 0 Å². The largest absolute Gasteiger partial charge is 0.388 e. The fourth-order valence-corrected chi connectivity index (χ4v) is 2.07. The van der Waals surface area contributed by atoms with E-state index in [1.807, 2.05) is 13.8 Å². The van der Waals surface area contributed by atoms with Crippen LogP contribution in [0, 0.1) is 23.0 Å². The lowest BCUT2D eigenvalue weighted by Gasteiger charge is -2.26. The Bertz CT molecular complexity index is 458. The lowest BCUT2D eigenvalue weighted by atomic mass is 9.94. The Morgan fingerprint density at radius 2 is 2.21 bits per heavy atom. The minimum absolute atomic E-state index is 0.0306. The SMILES string of the molecule is Cc1cc([N+](=O)[O-])cnc1NCC(C)(O)CC(C)C. The van der Waals surface area contributed by atoms with Gasteiger partial charge in [0, 0.05) is 12.6 Å². The van der Waals surface area contributed by atoms with Gasteiger partial charge in [0.05, 0.1) is 10.5 Å². The lowest BCUT2D eigenvalue weighted by molar-refractivity contribution is -0.385. The molecule has 0 saturated heterocycles. The van der Waals surface area contributed by atoms with Gasteiger partial charge in [-0.25, -0.2) is 4.98 Å². The zero-order valence-electron chi connectivity index (χ0n) is 11.8. The van der Waals surface area contributed by atoms with E-state index in [4.69, 9.17) is 0 Å². The fraction of sp³-hybridized carbons (Fsp3) is 0.615. The molecular formula is C13H21N3O3. The van der Waals surface area contributed by atoms with Crippen LogP contribution in [-0.4, -0.2) is 27.2 Å². The van der Waals surface area contributed by atoms with Gasteiger partial charge in [-0.15, -0.1) is 0 Å². The summed E-state index contributed by atoms with van der Waals surface area (Å²) in [5.41, 5.74) is -0.170. The van der Waals surface area contributed by atoms with Crippen molar-refractivity contribution in [2.75, 3.05) is 11.9 Å². The molecule has 0 aliphatic carbocycles. The maximum atomic E-state index is 10.6. The van der Waals surface area contributed by atoms with Crippen LogP contribution < -0.4 is 5.32 Å². The van der Waals surface area contributed by atoms with Gasteiger partial charge in [-0.1, -0.05) is 13.8 Å². The van der Waals surface area contributed by atoms with Crippen LogP contribution in [-0.2, 0) is 0 Å². The van der Waals surface area contributed by atoms with Crippen LogP contribution in [0.4, 0.5) is 11.5 Å². The Kier molecular flexibility index (Phi) is 4.83. The monoisotopic (exact) mass is 267 g/mol. The topological polar surface area (TPSA) is 88.3 Å². The number of nitrogens with zero attached hydrogens (tertiary/aromatic N) is 2. The molecule has 1 aromatic rings. The molecule has 106 valence electrons. The number of anilines is 1. The van der Waals surface area contributed by atoms with Gasteiger partial charge in [0.1, 0.15) is 12.0 Å². The van der Waals surface area contributed by atoms with Crippen LogP contribution in [0.1, 0.15) is 32.8 Å². The number of rotatable bonds is 6. The number of aromatic nitrogens is 1. The predicted molar refractivity (Wildman–Crippen MR) is 74.2 cm³/mol. The number of nitro groups is 1. The van der Waals surface area contributed by atoms with E-state index in [0.29, 0.717) is 30.3 Å². The molecule has 1 rings (SSSR count). The molecule has 0 radical (unpaired) electrons. The second kappa shape index (κ2) is 5.97. The number of aryl methyl sites for hydroxylation is 1. The average Bonchev–Trinajstić information content (AvgIpc) is 2.25. The van der Waals surface area contributed by atoms with Gasteiger partial charge in [-0.05, 0) is 31.7 Å². The summed E-state index contributed by atoms with van der Waals surface area (Å²) in [6.07, 6.45) is 1.89. The third-order valence-corrected chi connectivity index (χ3v) is 2.76. The summed E-state index contributed by atoms with van der Waals surface area (Å²) in [7, 11) is 0. The zero-order chi connectivity index (χ0) is 14.6. The highest BCUT2D eigenvalue weighted by Crippen LogP contribution is 2.20. The summed E-state index contributed by atoms with van der Waals surface area (Å²) in [6.45, 7) is 7.96. The summed E-state index contributed by atoms with van der Waals surface area (Å²) in [5, 5.41) is 23.8. The molecule has 0 amide bonds. The summed E-state index contributed by atoms with van der Waals surface area (Å²) < 4.78 is 0. The summed E-state index contributed by atoms with van der Waals surface area (Å²) in [6, 6.07) is 1.46. The molecular weight excluding hydrogens is 246 g/mol. The zero-order valence-corrected chi connectivity index (χ0v) is 11.8. The van der Waals surface area contributed by atoms with Gasteiger partial charge in [-0.3, -0.25) is 10.1 Å². The molecule has 0 bridgehead atoms. The first-order valence-electron chi connectivity index (χ1n) is 6.28. The second-order valence-corrected chi connectivity index (χ2v) is 5.56. The molecule has 0 fully saturated rings. The van der Waals surface area contributed by atoms with Crippen molar-refractivity contribution in [3.8, 4) is 0 Å². The van der Waals surface area contributed by atoms with E-state index in [1.54, 1.807) is 13.8 Å². The van der Waals surface area contributed by atoms with Crippen LogP contribution in [0.2, 0.25) is 0 Å². The van der Waals surface area contributed by atoms with E-state index in [2.05, 4.69) is 10.3 Å². The van der Waals surface area contributed by atoms with Gasteiger partial charge < -0.3 is 10.4 Å². The smallest absolute Gasteiger partial charge is 0.287 e. The summed E-state index contributed by atoms with van der Waals surface area (Å²) >= 11 is 0. The third-order valence-electron chi connectivity index (χ3n) is 2.76. The highest BCUT2D eigenvalue weighted by molar-refractivity contribution is 5.48. The van der Waals surface area contributed by atoms with Crippen molar-refractivity contribution < 1.29 is 10.0 Å². The Morgan fingerprint density at radius 3 is 2.68 bits per heavy atom. The van der Waals surface area contributed by atoms with E-state index >= 15 is 0 Å². The van der Waals surface area contributed by atoms with Crippen molar-refractivity contribution in [3.63, 3.8) is 0 Å². The highest BCUT2D eigenvalue weighted by atomic mass is 16.6. The van der Waals surface area contributed by atoms with E-state index in [1.165, 1.54) is 12.3 Å². The number of hydrogen-bond acceptors (Lipinski definition) is 5. The Labute approximate surface area is 113 Å². The first-order chi connectivity index (χ1) is 8.71. The first kappa shape index (κ1) is 15.4. The van der Waals surface area contributed by atoms with Gasteiger partial charge in [0.15, 0.2) is 0 Å². The van der Waals surface area contributed by atoms with Crippen LogP contribution in [0.3, 0.4) is 0 Å². The first-order valence-corrected chi connectivity index (χ1v) is 6.28. The van der Waals surface area contributed by atoms with Crippen molar-refractivity contribution in [2.45, 2.75) is 39.7 Å². The standard InChI is InChI=1S/C13H21N3O3/c1-9(2)6-13(4,17)8-15-12-10(3)5-11(7-14-12)16(18)19/h5,7,9,17H,6,8H2,1-4H3,(H,14,15). The molecule has 2 N–H and O–H groups in total. The molecule has 0 saturated carbocycles. The van der Waals surface area contributed by atoms with Gasteiger partial charge in [-0.2, -0.15) is 0 Å². The molecule has 0 aliphatic heterocycles.